The number of para-hydroxylation sites is 4. The molecule has 0 spiro atoms. The number of pyridine rings is 2. The SMILES string of the molecule is c1ccc(N(c2ccccc2)c2ccc(-c3nnc(-c4ccc(-c5ccc(-c6nnc(-c7ccc(N(c8ccccc8)c8ccccc8)cc7)o6)cn5)nc4)o3)cc2)cc1. The summed E-state index contributed by atoms with van der Waals surface area (Å²) in [7, 11) is 0. The van der Waals surface area contributed by atoms with Gasteiger partial charge in [0.15, 0.2) is 0 Å². The van der Waals surface area contributed by atoms with Gasteiger partial charge in [0.25, 0.3) is 0 Å². The van der Waals surface area contributed by atoms with Gasteiger partial charge in [0.1, 0.15) is 0 Å². The number of nitrogens with zero attached hydrogens (tertiary/aromatic N) is 8. The second-order valence-corrected chi connectivity index (χ2v) is 13.8. The molecule has 0 atom stereocenters. The minimum absolute atomic E-state index is 0.373. The Bertz CT molecular complexity index is 2660. The molecule has 0 amide bonds. The molecule has 10 aromatic rings. The molecule has 0 aliphatic rings. The second-order valence-electron chi connectivity index (χ2n) is 13.8. The zero-order chi connectivity index (χ0) is 40.1. The predicted octanol–water partition coefficient (Wildman–Crippen LogP) is 12.5. The lowest BCUT2D eigenvalue weighted by molar-refractivity contribution is 0.584. The van der Waals surface area contributed by atoms with Gasteiger partial charge in [-0.05, 0) is 121 Å². The highest BCUT2D eigenvalue weighted by Gasteiger charge is 2.17. The largest absolute Gasteiger partial charge is 0.416 e. The first-order chi connectivity index (χ1) is 29.7. The van der Waals surface area contributed by atoms with Gasteiger partial charge >= 0.3 is 0 Å². The van der Waals surface area contributed by atoms with Crippen molar-refractivity contribution in [1.29, 1.82) is 0 Å². The van der Waals surface area contributed by atoms with E-state index in [1.54, 1.807) is 12.4 Å². The van der Waals surface area contributed by atoms with Gasteiger partial charge in [0, 0.05) is 57.6 Å². The quantitative estimate of drug-likeness (QED) is 0.126. The van der Waals surface area contributed by atoms with Crippen molar-refractivity contribution in [2.75, 3.05) is 9.80 Å². The molecule has 4 heterocycles. The smallest absolute Gasteiger partial charge is 0.249 e. The number of rotatable bonds is 11. The van der Waals surface area contributed by atoms with Crippen LogP contribution in [0.3, 0.4) is 0 Å². The number of aromatic nitrogens is 6. The van der Waals surface area contributed by atoms with Gasteiger partial charge in [-0.25, -0.2) is 0 Å². The molecule has 4 aromatic heterocycles. The zero-order valence-electron chi connectivity index (χ0n) is 32.0. The molecule has 0 N–H and O–H groups in total. The molecule has 60 heavy (non-hydrogen) atoms. The van der Waals surface area contributed by atoms with E-state index < -0.39 is 0 Å². The maximum atomic E-state index is 6.11. The van der Waals surface area contributed by atoms with Crippen molar-refractivity contribution in [3.63, 3.8) is 0 Å². The fourth-order valence-corrected chi connectivity index (χ4v) is 6.97. The number of anilines is 6. The number of benzene rings is 6. The van der Waals surface area contributed by atoms with Crippen LogP contribution in [0.15, 0.2) is 215 Å². The van der Waals surface area contributed by atoms with E-state index in [0.29, 0.717) is 46.1 Å². The topological polar surface area (TPSA) is 110 Å². The third-order valence-electron chi connectivity index (χ3n) is 9.94. The minimum Gasteiger partial charge on any atom is -0.416 e. The van der Waals surface area contributed by atoms with E-state index in [4.69, 9.17) is 8.83 Å². The maximum Gasteiger partial charge on any atom is 0.249 e. The third kappa shape index (κ3) is 7.39. The van der Waals surface area contributed by atoms with Gasteiger partial charge in [-0.3, -0.25) is 9.97 Å². The summed E-state index contributed by atoms with van der Waals surface area (Å²) in [5, 5.41) is 17.3. The van der Waals surface area contributed by atoms with Gasteiger partial charge in [-0.15, -0.1) is 20.4 Å². The molecule has 6 aromatic carbocycles. The molecule has 0 saturated carbocycles. The highest BCUT2D eigenvalue weighted by Crippen LogP contribution is 2.37. The van der Waals surface area contributed by atoms with Crippen molar-refractivity contribution in [1.82, 2.24) is 30.4 Å². The molecule has 10 rings (SSSR count). The summed E-state index contributed by atoms with van der Waals surface area (Å²) in [6, 6.07) is 64.8. The first-order valence-corrected chi connectivity index (χ1v) is 19.4. The molecule has 0 aliphatic carbocycles. The summed E-state index contributed by atoms with van der Waals surface area (Å²) in [6.07, 6.45) is 3.41. The summed E-state index contributed by atoms with van der Waals surface area (Å²) < 4.78 is 12.2. The van der Waals surface area contributed by atoms with Gasteiger partial charge in [-0.1, -0.05) is 72.8 Å². The first kappa shape index (κ1) is 35.9. The van der Waals surface area contributed by atoms with E-state index in [2.05, 4.69) is 113 Å². The fraction of sp³-hybridized carbons (Fsp3) is 0. The van der Waals surface area contributed by atoms with Crippen LogP contribution in [0, 0.1) is 0 Å². The van der Waals surface area contributed by atoms with Gasteiger partial charge in [0.2, 0.25) is 23.6 Å². The molecule has 0 unspecified atom stereocenters. The molecule has 10 heteroatoms. The Morgan fingerprint density at radius 1 is 0.267 bits per heavy atom. The molecule has 286 valence electrons. The Hall–Kier alpha value is -8.50. The molecular formula is C50H34N8O2. The maximum absolute atomic E-state index is 6.11. The van der Waals surface area contributed by atoms with E-state index in [9.17, 15) is 0 Å². The van der Waals surface area contributed by atoms with E-state index in [-0.39, 0.29) is 0 Å². The lowest BCUT2D eigenvalue weighted by Crippen LogP contribution is -2.09. The normalized spacial score (nSPS) is 11.0. The van der Waals surface area contributed by atoms with Crippen LogP contribution in [-0.4, -0.2) is 30.4 Å². The molecule has 0 fully saturated rings. The Balaban J connectivity index is 0.813. The van der Waals surface area contributed by atoms with Crippen LogP contribution in [0.4, 0.5) is 34.1 Å². The van der Waals surface area contributed by atoms with Crippen LogP contribution in [0.25, 0.3) is 57.2 Å². The van der Waals surface area contributed by atoms with Crippen LogP contribution >= 0.6 is 0 Å². The summed E-state index contributed by atoms with van der Waals surface area (Å²) in [5.41, 5.74) is 10.7. The lowest BCUT2D eigenvalue weighted by Gasteiger charge is -2.25. The van der Waals surface area contributed by atoms with Crippen LogP contribution in [0.1, 0.15) is 0 Å². The van der Waals surface area contributed by atoms with Crippen molar-refractivity contribution in [2.45, 2.75) is 0 Å². The summed E-state index contributed by atoms with van der Waals surface area (Å²) in [4.78, 5) is 13.7. The third-order valence-corrected chi connectivity index (χ3v) is 9.94. The zero-order valence-corrected chi connectivity index (χ0v) is 32.0. The van der Waals surface area contributed by atoms with Gasteiger partial charge in [-0.2, -0.15) is 0 Å². The van der Waals surface area contributed by atoms with Crippen molar-refractivity contribution in [3.05, 3.63) is 207 Å². The van der Waals surface area contributed by atoms with E-state index in [1.807, 2.05) is 121 Å². The average Bonchev–Trinajstić information content (AvgIpc) is 4.04. The van der Waals surface area contributed by atoms with Crippen LogP contribution < -0.4 is 9.80 Å². The monoisotopic (exact) mass is 778 g/mol. The van der Waals surface area contributed by atoms with E-state index >= 15 is 0 Å². The van der Waals surface area contributed by atoms with E-state index in [0.717, 1.165) is 45.3 Å². The lowest BCUT2D eigenvalue weighted by atomic mass is 10.1. The standard InChI is InChI=1S/C50H34N8O2/c1-5-13-39(14-6-1)57(40-15-7-2-8-16-40)43-27-21-35(22-28-43)47-53-55-49(59-47)37-25-31-45(51-33-37)46-32-26-38(34-52-46)50-56-54-48(60-50)36-23-29-44(30-24-36)58(41-17-9-3-10-18-41)42-19-11-4-12-20-42/h1-34H. The molecular weight excluding hydrogens is 745 g/mol. The summed E-state index contributed by atoms with van der Waals surface area (Å²) in [6.45, 7) is 0. The summed E-state index contributed by atoms with van der Waals surface area (Å²) in [5.74, 6) is 1.59. The Kier molecular flexibility index (Phi) is 9.67. The predicted molar refractivity (Wildman–Crippen MR) is 234 cm³/mol. The number of hydrogen-bond donors (Lipinski definition) is 0. The van der Waals surface area contributed by atoms with Crippen LogP contribution in [0.5, 0.6) is 0 Å². The molecule has 0 radical (unpaired) electrons. The molecule has 10 nitrogen and oxygen atoms in total. The second kappa shape index (κ2) is 16.2. The van der Waals surface area contributed by atoms with E-state index in [1.165, 1.54) is 0 Å². The van der Waals surface area contributed by atoms with Gasteiger partial charge < -0.3 is 18.6 Å². The molecule has 0 aliphatic heterocycles. The highest BCUT2D eigenvalue weighted by molar-refractivity contribution is 5.79. The van der Waals surface area contributed by atoms with Gasteiger partial charge in [0.05, 0.1) is 22.5 Å². The fourth-order valence-electron chi connectivity index (χ4n) is 6.97. The summed E-state index contributed by atoms with van der Waals surface area (Å²) >= 11 is 0. The van der Waals surface area contributed by atoms with Crippen molar-refractivity contribution in [2.24, 2.45) is 0 Å². The van der Waals surface area contributed by atoms with Crippen molar-refractivity contribution in [3.8, 4) is 57.2 Å². The Labute approximate surface area is 345 Å². The highest BCUT2D eigenvalue weighted by atomic mass is 16.4. The number of hydrogen-bond acceptors (Lipinski definition) is 10. The van der Waals surface area contributed by atoms with Crippen LogP contribution in [0.2, 0.25) is 0 Å². The van der Waals surface area contributed by atoms with Crippen molar-refractivity contribution >= 4 is 34.1 Å². The first-order valence-electron chi connectivity index (χ1n) is 19.4. The Morgan fingerprint density at radius 3 is 0.817 bits per heavy atom. The molecule has 0 saturated heterocycles. The minimum atomic E-state index is 0.373. The van der Waals surface area contributed by atoms with Crippen LogP contribution in [-0.2, 0) is 0 Å². The Morgan fingerprint density at radius 2 is 0.533 bits per heavy atom. The average molecular weight is 779 g/mol. The molecule has 0 bridgehead atoms. The van der Waals surface area contributed by atoms with Crippen molar-refractivity contribution < 1.29 is 8.83 Å².